The van der Waals surface area contributed by atoms with Crippen LogP contribution in [0, 0.1) is 3.57 Å². The molecule has 0 spiro atoms. The van der Waals surface area contributed by atoms with Gasteiger partial charge in [0.05, 0.1) is 7.11 Å². The summed E-state index contributed by atoms with van der Waals surface area (Å²) >= 11 is 2.22. The third-order valence-corrected chi connectivity index (χ3v) is 6.72. The molecule has 2 aromatic rings. The van der Waals surface area contributed by atoms with Crippen LogP contribution in [0.5, 0.6) is 11.5 Å². The molecule has 0 saturated heterocycles. The van der Waals surface area contributed by atoms with Crippen molar-refractivity contribution in [2.75, 3.05) is 13.7 Å². The first-order valence-corrected chi connectivity index (χ1v) is 12.7. The number of nitrogens with zero attached hydrogens (tertiary/aromatic N) is 1. The number of nitrogens with one attached hydrogen (secondary N) is 1. The molecule has 3 rings (SSSR count). The Kier molecular flexibility index (Phi) is 9.84. The van der Waals surface area contributed by atoms with Crippen molar-refractivity contribution in [1.29, 1.82) is 0 Å². The zero-order valence-electron chi connectivity index (χ0n) is 19.4. The number of rotatable bonds is 10. The maximum Gasteiger partial charge on any atom is 0.261 e. The van der Waals surface area contributed by atoms with Crippen molar-refractivity contribution < 1.29 is 19.1 Å². The van der Waals surface area contributed by atoms with Crippen LogP contribution >= 0.6 is 22.6 Å². The van der Waals surface area contributed by atoms with Crippen LogP contribution in [0.15, 0.2) is 48.5 Å². The summed E-state index contributed by atoms with van der Waals surface area (Å²) in [4.78, 5) is 28.2. The topological polar surface area (TPSA) is 67.9 Å². The minimum Gasteiger partial charge on any atom is -0.497 e. The molecule has 2 amide bonds. The van der Waals surface area contributed by atoms with Crippen molar-refractivity contribution in [2.24, 2.45) is 0 Å². The van der Waals surface area contributed by atoms with Gasteiger partial charge in [0, 0.05) is 16.2 Å². The van der Waals surface area contributed by atoms with Gasteiger partial charge in [-0.15, -0.1) is 0 Å². The molecule has 0 unspecified atom stereocenters. The molecule has 178 valence electrons. The second-order valence-electron chi connectivity index (χ2n) is 8.38. The maximum absolute atomic E-state index is 13.3. The van der Waals surface area contributed by atoms with Crippen LogP contribution in [0.2, 0.25) is 0 Å². The summed E-state index contributed by atoms with van der Waals surface area (Å²) in [6.45, 7) is 2.12. The molecule has 0 bridgehead atoms. The minimum atomic E-state index is -0.564. The largest absolute Gasteiger partial charge is 0.497 e. The van der Waals surface area contributed by atoms with E-state index in [1.54, 1.807) is 12.0 Å². The maximum atomic E-state index is 13.3. The fourth-order valence-electron chi connectivity index (χ4n) is 4.19. The summed E-state index contributed by atoms with van der Waals surface area (Å²) in [5.74, 6) is 1.04. The Hall–Kier alpha value is -2.29. The number of benzene rings is 2. The lowest BCUT2D eigenvalue weighted by molar-refractivity contribution is -0.143. The highest BCUT2D eigenvalue weighted by Gasteiger charge is 2.30. The molecule has 0 aliphatic heterocycles. The molecule has 1 aliphatic rings. The van der Waals surface area contributed by atoms with Crippen molar-refractivity contribution >= 4 is 34.4 Å². The van der Waals surface area contributed by atoms with Gasteiger partial charge in [0.25, 0.3) is 5.91 Å². The van der Waals surface area contributed by atoms with E-state index in [-0.39, 0.29) is 24.5 Å². The minimum absolute atomic E-state index is 0.0880. The number of hydrogen-bond acceptors (Lipinski definition) is 4. The molecular weight excluding hydrogens is 531 g/mol. The average Bonchev–Trinajstić information content (AvgIpc) is 2.84. The first-order chi connectivity index (χ1) is 16.0. The molecule has 2 aromatic carbocycles. The smallest absolute Gasteiger partial charge is 0.261 e. The van der Waals surface area contributed by atoms with E-state index in [1.807, 2.05) is 55.5 Å². The Morgan fingerprint density at radius 3 is 2.48 bits per heavy atom. The van der Waals surface area contributed by atoms with Crippen LogP contribution in [-0.4, -0.2) is 42.5 Å². The Bertz CT molecular complexity index is 913. The van der Waals surface area contributed by atoms with E-state index in [4.69, 9.17) is 9.47 Å². The molecule has 1 atom stereocenters. The van der Waals surface area contributed by atoms with E-state index in [2.05, 4.69) is 27.9 Å². The van der Waals surface area contributed by atoms with E-state index in [9.17, 15) is 9.59 Å². The first kappa shape index (κ1) is 25.3. The van der Waals surface area contributed by atoms with E-state index in [0.29, 0.717) is 18.7 Å². The molecule has 1 N–H and O–H groups in total. The Labute approximate surface area is 210 Å². The van der Waals surface area contributed by atoms with Gasteiger partial charge in [-0.2, -0.15) is 0 Å². The summed E-state index contributed by atoms with van der Waals surface area (Å²) in [5.41, 5.74) is 0.904. The Balaban J connectivity index is 1.76. The summed E-state index contributed by atoms with van der Waals surface area (Å²) < 4.78 is 12.2. The molecule has 1 aliphatic carbocycles. The van der Waals surface area contributed by atoms with Gasteiger partial charge in [0.2, 0.25) is 5.91 Å². The van der Waals surface area contributed by atoms with Gasteiger partial charge in [0.1, 0.15) is 17.5 Å². The van der Waals surface area contributed by atoms with Gasteiger partial charge in [-0.05, 0) is 83.8 Å². The van der Waals surface area contributed by atoms with Gasteiger partial charge >= 0.3 is 0 Å². The molecule has 0 aromatic heterocycles. The highest BCUT2D eigenvalue weighted by molar-refractivity contribution is 14.1. The van der Waals surface area contributed by atoms with E-state index in [1.165, 1.54) is 6.42 Å². The predicted octanol–water partition coefficient (Wildman–Crippen LogP) is 4.93. The molecular formula is C26H33IN2O4. The van der Waals surface area contributed by atoms with Crippen molar-refractivity contribution in [3.05, 3.63) is 57.7 Å². The Morgan fingerprint density at radius 1 is 1.09 bits per heavy atom. The molecule has 0 radical (unpaired) electrons. The van der Waals surface area contributed by atoms with Crippen LogP contribution in [0.1, 0.15) is 51.0 Å². The average molecular weight is 564 g/mol. The van der Waals surface area contributed by atoms with Gasteiger partial charge < -0.3 is 19.7 Å². The van der Waals surface area contributed by atoms with E-state index in [0.717, 1.165) is 40.6 Å². The first-order valence-electron chi connectivity index (χ1n) is 11.6. The van der Waals surface area contributed by atoms with E-state index >= 15 is 0 Å². The van der Waals surface area contributed by atoms with Crippen LogP contribution in [0.4, 0.5) is 0 Å². The summed E-state index contributed by atoms with van der Waals surface area (Å²) in [6.07, 6.45) is 6.03. The lowest BCUT2D eigenvalue weighted by Crippen LogP contribution is -2.52. The van der Waals surface area contributed by atoms with Crippen molar-refractivity contribution in [3.63, 3.8) is 0 Å². The van der Waals surface area contributed by atoms with Gasteiger partial charge in [0.15, 0.2) is 6.61 Å². The molecule has 7 heteroatoms. The fourth-order valence-corrected chi connectivity index (χ4v) is 4.55. The molecule has 6 nitrogen and oxygen atoms in total. The summed E-state index contributed by atoms with van der Waals surface area (Å²) in [6, 6.07) is 14.8. The van der Waals surface area contributed by atoms with Crippen LogP contribution in [0.3, 0.4) is 0 Å². The molecule has 0 heterocycles. The predicted molar refractivity (Wildman–Crippen MR) is 137 cm³/mol. The number of carbonyl (C=O) groups excluding carboxylic acids is 2. The quantitative estimate of drug-likeness (QED) is 0.416. The number of amides is 2. The molecule has 1 saturated carbocycles. The van der Waals surface area contributed by atoms with E-state index < -0.39 is 6.04 Å². The van der Waals surface area contributed by atoms with Crippen molar-refractivity contribution in [1.82, 2.24) is 10.2 Å². The SMILES string of the molecule is CC[C@@H](C(=O)NC1CCCCC1)N(Cc1cccc(OC)c1)C(=O)COc1ccc(I)cc1. The fraction of sp³-hybridized carbons (Fsp3) is 0.462. The highest BCUT2D eigenvalue weighted by Crippen LogP contribution is 2.21. The summed E-state index contributed by atoms with van der Waals surface area (Å²) in [5, 5.41) is 3.19. The highest BCUT2D eigenvalue weighted by atomic mass is 127. The molecule has 33 heavy (non-hydrogen) atoms. The second-order valence-corrected chi connectivity index (χ2v) is 9.63. The van der Waals surface area contributed by atoms with Crippen LogP contribution in [0.25, 0.3) is 0 Å². The van der Waals surface area contributed by atoms with Crippen molar-refractivity contribution in [2.45, 2.75) is 64.1 Å². The number of methoxy groups -OCH3 is 1. The number of hydrogen-bond donors (Lipinski definition) is 1. The molecule has 1 fully saturated rings. The van der Waals surface area contributed by atoms with Crippen molar-refractivity contribution in [3.8, 4) is 11.5 Å². The zero-order valence-corrected chi connectivity index (χ0v) is 21.5. The second kappa shape index (κ2) is 12.8. The number of ether oxygens (including phenoxy) is 2. The summed E-state index contributed by atoms with van der Waals surface area (Å²) in [7, 11) is 1.61. The lowest BCUT2D eigenvalue weighted by atomic mass is 9.95. The number of carbonyl (C=O) groups is 2. The van der Waals surface area contributed by atoms with Gasteiger partial charge in [-0.25, -0.2) is 0 Å². The zero-order chi connectivity index (χ0) is 23.6. The van der Waals surface area contributed by atoms with Gasteiger partial charge in [-0.1, -0.05) is 38.3 Å². The normalized spacial score (nSPS) is 14.9. The number of halogens is 1. The van der Waals surface area contributed by atoms with Crippen LogP contribution < -0.4 is 14.8 Å². The Morgan fingerprint density at radius 2 is 1.82 bits per heavy atom. The third kappa shape index (κ3) is 7.62. The van der Waals surface area contributed by atoms with Crippen LogP contribution in [-0.2, 0) is 16.1 Å². The standard InChI is InChI=1S/C26H33IN2O4/c1-3-24(26(31)28-21-9-5-4-6-10-21)29(17-19-8-7-11-23(16-19)32-2)25(30)18-33-22-14-12-20(27)13-15-22/h7-8,11-16,21,24H,3-6,9-10,17-18H2,1-2H3,(H,28,31)/t24-/m0/s1. The monoisotopic (exact) mass is 564 g/mol. The lowest BCUT2D eigenvalue weighted by Gasteiger charge is -2.32. The third-order valence-electron chi connectivity index (χ3n) is 6.00. The van der Waals surface area contributed by atoms with Gasteiger partial charge in [-0.3, -0.25) is 9.59 Å².